The van der Waals surface area contributed by atoms with Gasteiger partial charge in [0.05, 0.1) is 10.9 Å². The number of carboxylic acid groups (broad SMARTS) is 1. The number of aromatic nitrogens is 2. The summed E-state index contributed by atoms with van der Waals surface area (Å²) in [6.45, 7) is 8.88. The molecule has 0 saturated heterocycles. The van der Waals surface area contributed by atoms with Gasteiger partial charge in [0.25, 0.3) is 0 Å². The fourth-order valence-corrected chi connectivity index (χ4v) is 4.01. The van der Waals surface area contributed by atoms with Crippen molar-refractivity contribution in [1.82, 2.24) is 14.9 Å². The largest absolute Gasteiger partial charge is 0.480 e. The predicted molar refractivity (Wildman–Crippen MR) is 121 cm³/mol. The molecule has 0 bridgehead atoms. The third-order valence-corrected chi connectivity index (χ3v) is 5.79. The van der Waals surface area contributed by atoms with Crippen LogP contribution in [-0.4, -0.2) is 37.3 Å². The average molecular weight is 478 g/mol. The first-order chi connectivity index (χ1) is 13.6. The first-order valence-electron chi connectivity index (χ1n) is 8.97. The van der Waals surface area contributed by atoms with Gasteiger partial charge in [0.1, 0.15) is 10.6 Å². The molecule has 0 spiro atoms. The number of rotatable bonds is 6. The summed E-state index contributed by atoms with van der Waals surface area (Å²) in [5.74, 6) is -1.45. The Morgan fingerprint density at radius 2 is 2.03 bits per heavy atom. The number of carbonyl (C=O) groups excluding carboxylic acids is 1. The van der Waals surface area contributed by atoms with E-state index >= 15 is 0 Å². The summed E-state index contributed by atoms with van der Waals surface area (Å²) in [5.41, 5.74) is 1.85. The maximum atomic E-state index is 12.6. The number of imidazole rings is 1. The van der Waals surface area contributed by atoms with Crippen LogP contribution in [-0.2, 0) is 9.59 Å². The van der Waals surface area contributed by atoms with Crippen LogP contribution in [0.2, 0.25) is 0 Å². The van der Waals surface area contributed by atoms with E-state index in [1.807, 2.05) is 47.1 Å². The van der Waals surface area contributed by atoms with Gasteiger partial charge in [0, 0.05) is 12.1 Å². The lowest BCUT2D eigenvalue weighted by Gasteiger charge is -2.24. The van der Waals surface area contributed by atoms with E-state index in [4.69, 9.17) is 5.11 Å². The first-order valence-corrected chi connectivity index (χ1v) is 10.6. The second kappa shape index (κ2) is 9.93. The van der Waals surface area contributed by atoms with E-state index in [0.29, 0.717) is 11.6 Å². The molecule has 1 atom stereocenters. The highest BCUT2D eigenvalue weighted by Gasteiger charge is 2.33. The Labute approximate surface area is 183 Å². The number of thioether (sulfide) groups is 1. The molecule has 6 nitrogen and oxygen atoms in total. The molecule has 29 heavy (non-hydrogen) atoms. The van der Waals surface area contributed by atoms with E-state index in [1.54, 1.807) is 20.0 Å². The summed E-state index contributed by atoms with van der Waals surface area (Å²) in [5, 5.41) is 12.2. The summed E-state index contributed by atoms with van der Waals surface area (Å²) in [6, 6.07) is -0.966. The van der Waals surface area contributed by atoms with E-state index in [9.17, 15) is 9.59 Å². The van der Waals surface area contributed by atoms with E-state index in [-0.39, 0.29) is 5.91 Å². The second-order valence-electron chi connectivity index (χ2n) is 6.93. The molecule has 0 aromatic carbocycles. The maximum Gasteiger partial charge on any atom is 0.325 e. The van der Waals surface area contributed by atoms with E-state index in [0.717, 1.165) is 15.9 Å². The third-order valence-electron chi connectivity index (χ3n) is 4.07. The van der Waals surface area contributed by atoms with Crippen LogP contribution in [0.1, 0.15) is 27.2 Å². The van der Waals surface area contributed by atoms with Gasteiger partial charge in [-0.15, -0.1) is 0 Å². The summed E-state index contributed by atoms with van der Waals surface area (Å²) < 4.78 is 1.77. The van der Waals surface area contributed by atoms with Gasteiger partial charge < -0.3 is 10.4 Å². The predicted octanol–water partition coefficient (Wildman–Crippen LogP) is 4.58. The monoisotopic (exact) mass is 477 g/mol. The first kappa shape index (κ1) is 23.0. The lowest BCUT2D eigenvalue weighted by Crippen LogP contribution is -2.47. The highest BCUT2D eigenvalue weighted by atomic mass is 79.9. The number of nitrogens with one attached hydrogen (secondary N) is 1. The fraction of sp³-hybridized carbons (Fsp3) is 0.286. The van der Waals surface area contributed by atoms with Crippen LogP contribution in [0.15, 0.2) is 70.6 Å². The number of allylic oxidation sites excluding steroid dienone is 9. The molecule has 1 unspecified atom stereocenters. The lowest BCUT2D eigenvalue weighted by molar-refractivity contribution is -0.141. The van der Waals surface area contributed by atoms with Crippen molar-refractivity contribution in [3.05, 3.63) is 65.5 Å². The molecule has 1 aromatic rings. The average Bonchev–Trinajstić information content (AvgIpc) is 2.99. The molecule has 1 heterocycles. The molecule has 2 N–H and O–H groups in total. The number of hydrogen-bond acceptors (Lipinski definition) is 4. The second-order valence-corrected chi connectivity index (χ2v) is 9.33. The summed E-state index contributed by atoms with van der Waals surface area (Å²) in [6.07, 6.45) is 16.0. The van der Waals surface area contributed by atoms with Crippen LogP contribution in [0, 0.1) is 0 Å². The van der Waals surface area contributed by atoms with Crippen molar-refractivity contribution in [3.8, 4) is 0 Å². The van der Waals surface area contributed by atoms with Crippen LogP contribution in [0.3, 0.4) is 0 Å². The van der Waals surface area contributed by atoms with Gasteiger partial charge in [-0.05, 0) is 48.4 Å². The van der Waals surface area contributed by atoms with Gasteiger partial charge in [-0.3, -0.25) is 14.2 Å². The standard InChI is InChI=1S/C21H24BrN3O3S/c1-14-9-6-5-7-11-16(12-8-10-14)25-17(22)13-23-20(25)29-21(3,4)19(28)24-15(2)18(26)27/h5-10,12-13,15H,1,11H2,2-4H3,(H,24,28)(H,26,27)/b7-5-,9-6-,10-8?,16-12+. The minimum Gasteiger partial charge on any atom is -0.480 e. The molecular weight excluding hydrogens is 454 g/mol. The van der Waals surface area contributed by atoms with Crippen molar-refractivity contribution >= 4 is 45.3 Å². The number of hydrogen-bond donors (Lipinski definition) is 2. The zero-order valence-electron chi connectivity index (χ0n) is 16.6. The Bertz CT molecular complexity index is 926. The van der Waals surface area contributed by atoms with Crippen molar-refractivity contribution in [1.29, 1.82) is 0 Å². The van der Waals surface area contributed by atoms with Crippen LogP contribution in [0.25, 0.3) is 5.70 Å². The van der Waals surface area contributed by atoms with Crippen molar-refractivity contribution < 1.29 is 14.7 Å². The van der Waals surface area contributed by atoms with Gasteiger partial charge in [0.2, 0.25) is 5.91 Å². The molecule has 1 aliphatic rings. The normalized spacial score (nSPS) is 19.7. The minimum absolute atomic E-state index is 0.371. The highest BCUT2D eigenvalue weighted by molar-refractivity contribution is 9.10. The molecule has 2 rings (SSSR count). The van der Waals surface area contributed by atoms with Crippen molar-refractivity contribution in [3.63, 3.8) is 0 Å². The van der Waals surface area contributed by atoms with Crippen molar-refractivity contribution in [2.75, 3.05) is 0 Å². The summed E-state index contributed by atoms with van der Waals surface area (Å²) >= 11 is 4.80. The minimum atomic E-state index is -1.08. The molecule has 1 aliphatic carbocycles. The van der Waals surface area contributed by atoms with E-state index in [2.05, 4.69) is 32.8 Å². The van der Waals surface area contributed by atoms with Gasteiger partial charge in [-0.2, -0.15) is 0 Å². The highest BCUT2D eigenvalue weighted by Crippen LogP contribution is 2.36. The van der Waals surface area contributed by atoms with Crippen molar-refractivity contribution in [2.45, 2.75) is 43.1 Å². The molecule has 0 fully saturated rings. The SMILES string of the molecule is C=C1C=C/C=C(/n2c(Br)cnc2SC(C)(C)C(=O)NC(C)C(=O)O)C/C=C\C=C/1. The van der Waals surface area contributed by atoms with Gasteiger partial charge in [0.15, 0.2) is 5.16 Å². The summed E-state index contributed by atoms with van der Waals surface area (Å²) in [7, 11) is 0. The fourth-order valence-electron chi connectivity index (χ4n) is 2.37. The number of aliphatic carboxylic acids is 1. The molecule has 8 heteroatoms. The van der Waals surface area contributed by atoms with E-state index < -0.39 is 16.8 Å². The molecular formula is C21H24BrN3O3S. The number of halogens is 1. The zero-order chi connectivity index (χ0) is 21.6. The van der Waals surface area contributed by atoms with Gasteiger partial charge in [-0.1, -0.05) is 54.8 Å². The van der Waals surface area contributed by atoms with Crippen molar-refractivity contribution in [2.24, 2.45) is 0 Å². The molecule has 0 saturated carbocycles. The number of carbonyl (C=O) groups is 2. The van der Waals surface area contributed by atoms with Crippen LogP contribution in [0.5, 0.6) is 0 Å². The lowest BCUT2D eigenvalue weighted by atomic mass is 10.2. The van der Waals surface area contributed by atoms with Crippen LogP contribution in [0.4, 0.5) is 0 Å². The maximum absolute atomic E-state index is 12.6. The van der Waals surface area contributed by atoms with Crippen LogP contribution >= 0.6 is 27.7 Å². The molecule has 154 valence electrons. The Morgan fingerprint density at radius 3 is 2.72 bits per heavy atom. The number of carboxylic acids is 1. The smallest absolute Gasteiger partial charge is 0.325 e. The quantitative estimate of drug-likeness (QED) is 0.585. The van der Waals surface area contributed by atoms with Gasteiger partial charge in [-0.25, -0.2) is 4.98 Å². The van der Waals surface area contributed by atoms with E-state index in [1.165, 1.54) is 18.7 Å². The molecule has 0 radical (unpaired) electrons. The summed E-state index contributed by atoms with van der Waals surface area (Å²) in [4.78, 5) is 28.1. The molecule has 0 aliphatic heterocycles. The zero-order valence-corrected chi connectivity index (χ0v) is 19.0. The van der Waals surface area contributed by atoms with Crippen LogP contribution < -0.4 is 5.32 Å². The molecule has 1 amide bonds. The number of nitrogens with zero attached hydrogens (tertiary/aromatic N) is 2. The molecule has 1 aromatic heterocycles. The third kappa shape index (κ3) is 6.33. The number of amides is 1. The Morgan fingerprint density at radius 1 is 1.34 bits per heavy atom. The topological polar surface area (TPSA) is 84.2 Å². The Kier molecular flexibility index (Phi) is 7.87. The Balaban J connectivity index is 2.31. The van der Waals surface area contributed by atoms with Gasteiger partial charge >= 0.3 is 5.97 Å². The Hall–Kier alpha value is -2.32.